The maximum Gasteiger partial charge on any atom is 0.0635 e. The number of hydrogen-bond acceptors (Lipinski definition) is 3. The van der Waals surface area contributed by atoms with Gasteiger partial charge in [-0.25, -0.2) is 0 Å². The first kappa shape index (κ1) is 10.5. The lowest BCUT2D eigenvalue weighted by Gasteiger charge is -2.26. The zero-order valence-electron chi connectivity index (χ0n) is 8.08. The molecule has 0 spiro atoms. The summed E-state index contributed by atoms with van der Waals surface area (Å²) < 4.78 is 0. The van der Waals surface area contributed by atoms with Gasteiger partial charge in [0.15, 0.2) is 0 Å². The smallest absolute Gasteiger partial charge is 0.0635 e. The third-order valence-corrected chi connectivity index (χ3v) is 2.74. The number of aliphatic hydroxyl groups excluding tert-OH is 1. The summed E-state index contributed by atoms with van der Waals surface area (Å²) in [5.41, 5.74) is 0. The van der Waals surface area contributed by atoms with Crippen molar-refractivity contribution in [1.82, 2.24) is 4.90 Å². The third-order valence-electron chi connectivity index (χ3n) is 2.74. The lowest BCUT2D eigenvalue weighted by molar-refractivity contribution is 0.154. The molecule has 13 heavy (non-hydrogen) atoms. The van der Waals surface area contributed by atoms with Gasteiger partial charge in [-0.1, -0.05) is 12.8 Å². The van der Waals surface area contributed by atoms with Gasteiger partial charge in [0, 0.05) is 25.6 Å². The molecule has 1 fully saturated rings. The fraction of sp³-hybridized carbons (Fsp3) is 0.900. The van der Waals surface area contributed by atoms with Crippen molar-refractivity contribution in [1.29, 1.82) is 5.26 Å². The SMILES string of the molecule is N#CCCN(CCO)C1CCCC1. The summed E-state index contributed by atoms with van der Waals surface area (Å²) >= 11 is 0. The maximum absolute atomic E-state index is 8.87. The molecule has 1 rings (SSSR count). The molecule has 1 N–H and O–H groups in total. The van der Waals surface area contributed by atoms with E-state index in [2.05, 4.69) is 11.0 Å². The monoisotopic (exact) mass is 182 g/mol. The molecule has 0 aromatic rings. The second kappa shape index (κ2) is 5.95. The van der Waals surface area contributed by atoms with Gasteiger partial charge in [0.25, 0.3) is 0 Å². The molecule has 1 saturated carbocycles. The van der Waals surface area contributed by atoms with Crippen LogP contribution in [0.3, 0.4) is 0 Å². The van der Waals surface area contributed by atoms with E-state index < -0.39 is 0 Å². The Morgan fingerprint density at radius 3 is 2.54 bits per heavy atom. The van der Waals surface area contributed by atoms with Crippen LogP contribution in [0.1, 0.15) is 32.1 Å². The van der Waals surface area contributed by atoms with Gasteiger partial charge >= 0.3 is 0 Å². The summed E-state index contributed by atoms with van der Waals surface area (Å²) in [6.07, 6.45) is 5.67. The Kier molecular flexibility index (Phi) is 4.81. The normalized spacial score (nSPS) is 17.9. The van der Waals surface area contributed by atoms with E-state index in [9.17, 15) is 0 Å². The average molecular weight is 182 g/mol. The number of rotatable bonds is 5. The third kappa shape index (κ3) is 3.33. The van der Waals surface area contributed by atoms with Gasteiger partial charge in [-0.05, 0) is 12.8 Å². The van der Waals surface area contributed by atoms with E-state index >= 15 is 0 Å². The second-order valence-corrected chi connectivity index (χ2v) is 3.61. The lowest BCUT2D eigenvalue weighted by atomic mass is 10.2. The number of nitrogens with zero attached hydrogens (tertiary/aromatic N) is 2. The van der Waals surface area contributed by atoms with Crippen molar-refractivity contribution >= 4 is 0 Å². The number of aliphatic hydroxyl groups is 1. The highest BCUT2D eigenvalue weighted by atomic mass is 16.3. The maximum atomic E-state index is 8.87. The van der Waals surface area contributed by atoms with Crippen LogP contribution in [0.15, 0.2) is 0 Å². The summed E-state index contributed by atoms with van der Waals surface area (Å²) in [5, 5.41) is 17.4. The molecular weight excluding hydrogens is 164 g/mol. The van der Waals surface area contributed by atoms with Crippen molar-refractivity contribution in [3.05, 3.63) is 0 Å². The molecule has 0 atom stereocenters. The first-order valence-corrected chi connectivity index (χ1v) is 5.10. The number of hydrogen-bond donors (Lipinski definition) is 1. The molecule has 0 radical (unpaired) electrons. The molecule has 0 unspecified atom stereocenters. The average Bonchev–Trinajstić information content (AvgIpc) is 2.65. The molecular formula is C10H18N2O. The van der Waals surface area contributed by atoms with Crippen molar-refractivity contribution in [3.63, 3.8) is 0 Å². The Morgan fingerprint density at radius 2 is 2.00 bits per heavy atom. The minimum atomic E-state index is 0.210. The van der Waals surface area contributed by atoms with Crippen LogP contribution in [0.25, 0.3) is 0 Å². The van der Waals surface area contributed by atoms with Crippen LogP contribution in [-0.2, 0) is 0 Å². The van der Waals surface area contributed by atoms with Crippen molar-refractivity contribution in [3.8, 4) is 6.07 Å². The molecule has 1 aliphatic carbocycles. The van der Waals surface area contributed by atoms with Gasteiger partial charge < -0.3 is 5.11 Å². The standard InChI is InChI=1S/C10H18N2O/c11-6-3-7-12(8-9-13)10-4-1-2-5-10/h10,13H,1-5,7-9H2. The van der Waals surface area contributed by atoms with E-state index in [0.717, 1.165) is 13.1 Å². The molecule has 74 valence electrons. The van der Waals surface area contributed by atoms with E-state index in [-0.39, 0.29) is 6.61 Å². The molecule has 0 aromatic heterocycles. The van der Waals surface area contributed by atoms with Gasteiger partial charge in [-0.2, -0.15) is 5.26 Å². The minimum Gasteiger partial charge on any atom is -0.395 e. The molecule has 0 aliphatic heterocycles. The highest BCUT2D eigenvalue weighted by Crippen LogP contribution is 2.23. The fourth-order valence-electron chi connectivity index (χ4n) is 2.07. The first-order valence-electron chi connectivity index (χ1n) is 5.10. The summed E-state index contributed by atoms with van der Waals surface area (Å²) in [6, 6.07) is 2.78. The van der Waals surface area contributed by atoms with Gasteiger partial charge in [0.05, 0.1) is 12.7 Å². The first-order chi connectivity index (χ1) is 6.38. The summed E-state index contributed by atoms with van der Waals surface area (Å²) in [4.78, 5) is 2.26. The van der Waals surface area contributed by atoms with Crippen LogP contribution in [0.2, 0.25) is 0 Å². The summed E-state index contributed by atoms with van der Waals surface area (Å²) in [5.74, 6) is 0. The zero-order valence-corrected chi connectivity index (χ0v) is 8.08. The van der Waals surface area contributed by atoms with Crippen LogP contribution in [0.5, 0.6) is 0 Å². The molecule has 0 saturated heterocycles. The number of nitriles is 1. The Morgan fingerprint density at radius 1 is 1.31 bits per heavy atom. The Labute approximate surface area is 80.0 Å². The summed E-state index contributed by atoms with van der Waals surface area (Å²) in [7, 11) is 0. The molecule has 0 aromatic carbocycles. The quantitative estimate of drug-likeness (QED) is 0.693. The molecule has 0 bridgehead atoms. The van der Waals surface area contributed by atoms with E-state index in [1.807, 2.05) is 0 Å². The van der Waals surface area contributed by atoms with Gasteiger partial charge in [-0.3, -0.25) is 4.90 Å². The van der Waals surface area contributed by atoms with Crippen LogP contribution < -0.4 is 0 Å². The topological polar surface area (TPSA) is 47.3 Å². The van der Waals surface area contributed by atoms with Crippen LogP contribution in [0.4, 0.5) is 0 Å². The van der Waals surface area contributed by atoms with E-state index in [1.54, 1.807) is 0 Å². The minimum absolute atomic E-state index is 0.210. The molecule has 3 heteroatoms. The highest BCUT2D eigenvalue weighted by molar-refractivity contribution is 4.80. The van der Waals surface area contributed by atoms with E-state index in [0.29, 0.717) is 12.5 Å². The van der Waals surface area contributed by atoms with Gasteiger partial charge in [0.2, 0.25) is 0 Å². The molecule has 3 nitrogen and oxygen atoms in total. The molecule has 0 amide bonds. The fourth-order valence-corrected chi connectivity index (χ4v) is 2.07. The van der Waals surface area contributed by atoms with Crippen LogP contribution in [-0.4, -0.2) is 35.7 Å². The van der Waals surface area contributed by atoms with Crippen LogP contribution in [0, 0.1) is 11.3 Å². The Balaban J connectivity index is 2.31. The van der Waals surface area contributed by atoms with Crippen LogP contribution >= 0.6 is 0 Å². The van der Waals surface area contributed by atoms with Crippen molar-refractivity contribution in [2.75, 3.05) is 19.7 Å². The van der Waals surface area contributed by atoms with Gasteiger partial charge in [0.1, 0.15) is 0 Å². The molecule has 1 aliphatic rings. The van der Waals surface area contributed by atoms with Crippen molar-refractivity contribution in [2.24, 2.45) is 0 Å². The van der Waals surface area contributed by atoms with Crippen molar-refractivity contribution in [2.45, 2.75) is 38.1 Å². The predicted octanol–water partition coefficient (Wildman–Crippen LogP) is 1.14. The molecule has 0 heterocycles. The second-order valence-electron chi connectivity index (χ2n) is 3.61. The Bertz CT molecular complexity index is 170. The van der Waals surface area contributed by atoms with Crippen molar-refractivity contribution < 1.29 is 5.11 Å². The van der Waals surface area contributed by atoms with E-state index in [1.165, 1.54) is 25.7 Å². The van der Waals surface area contributed by atoms with Gasteiger partial charge in [-0.15, -0.1) is 0 Å². The zero-order chi connectivity index (χ0) is 9.52. The highest BCUT2D eigenvalue weighted by Gasteiger charge is 2.21. The lowest BCUT2D eigenvalue weighted by Crippen LogP contribution is -2.36. The largest absolute Gasteiger partial charge is 0.395 e. The summed E-state index contributed by atoms with van der Waals surface area (Å²) in [6.45, 7) is 1.76. The van der Waals surface area contributed by atoms with E-state index in [4.69, 9.17) is 10.4 Å². The predicted molar refractivity (Wildman–Crippen MR) is 51.1 cm³/mol. The Hall–Kier alpha value is -0.590.